The van der Waals surface area contributed by atoms with E-state index in [-0.39, 0.29) is 11.8 Å². The molecule has 0 aromatic heterocycles. The monoisotopic (exact) mass is 323 g/mol. The second-order valence-electron chi connectivity index (χ2n) is 5.30. The van der Waals surface area contributed by atoms with Crippen LogP contribution in [0.5, 0.6) is 5.75 Å². The fourth-order valence-corrected chi connectivity index (χ4v) is 3.68. The SMILES string of the molecule is O=C(C1COc2ccccc2C1)N1CCCC1CBr. The number of carbonyl (C=O) groups excluding carboxylic acids is 1. The third-order valence-corrected chi connectivity index (χ3v) is 4.81. The topological polar surface area (TPSA) is 29.5 Å². The first-order chi connectivity index (χ1) is 9.29. The Morgan fingerprint density at radius 1 is 1.42 bits per heavy atom. The summed E-state index contributed by atoms with van der Waals surface area (Å²) in [5.74, 6) is 1.18. The molecule has 1 saturated heterocycles. The van der Waals surface area contributed by atoms with Crippen LogP contribution >= 0.6 is 15.9 Å². The summed E-state index contributed by atoms with van der Waals surface area (Å²) in [4.78, 5) is 14.6. The number of benzene rings is 1. The number of rotatable bonds is 2. The van der Waals surface area contributed by atoms with Gasteiger partial charge >= 0.3 is 0 Å². The number of fused-ring (bicyclic) bond motifs is 1. The number of amides is 1. The van der Waals surface area contributed by atoms with Crippen LogP contribution in [0.4, 0.5) is 0 Å². The molecule has 1 aromatic rings. The first-order valence-corrected chi connectivity index (χ1v) is 7.99. The lowest BCUT2D eigenvalue weighted by molar-refractivity contribution is -0.137. The quantitative estimate of drug-likeness (QED) is 0.783. The molecule has 0 N–H and O–H groups in total. The van der Waals surface area contributed by atoms with Gasteiger partial charge in [0, 0.05) is 17.9 Å². The zero-order valence-corrected chi connectivity index (χ0v) is 12.4. The summed E-state index contributed by atoms with van der Waals surface area (Å²) in [7, 11) is 0. The number of alkyl halides is 1. The third-order valence-electron chi connectivity index (χ3n) is 4.07. The molecule has 19 heavy (non-hydrogen) atoms. The summed E-state index contributed by atoms with van der Waals surface area (Å²) in [5.41, 5.74) is 1.15. The molecule has 0 spiro atoms. The number of hydrogen-bond donors (Lipinski definition) is 0. The number of nitrogens with zero attached hydrogens (tertiary/aromatic N) is 1. The number of carbonyl (C=O) groups is 1. The molecule has 1 amide bonds. The molecular weight excluding hydrogens is 306 g/mol. The summed E-state index contributed by atoms with van der Waals surface area (Å²) in [6.45, 7) is 1.41. The van der Waals surface area contributed by atoms with Crippen LogP contribution in [0.1, 0.15) is 18.4 Å². The minimum Gasteiger partial charge on any atom is -0.492 e. The van der Waals surface area contributed by atoms with Crippen molar-refractivity contribution in [3.05, 3.63) is 29.8 Å². The van der Waals surface area contributed by atoms with Gasteiger partial charge in [0.2, 0.25) is 5.91 Å². The maximum atomic E-state index is 12.6. The Kier molecular flexibility index (Phi) is 3.78. The van der Waals surface area contributed by atoms with E-state index in [9.17, 15) is 4.79 Å². The van der Waals surface area contributed by atoms with E-state index >= 15 is 0 Å². The number of likely N-dealkylation sites (tertiary alicyclic amines) is 1. The summed E-state index contributed by atoms with van der Waals surface area (Å²) >= 11 is 3.51. The second-order valence-corrected chi connectivity index (χ2v) is 5.95. The fourth-order valence-electron chi connectivity index (χ4n) is 3.01. The second kappa shape index (κ2) is 5.53. The van der Waals surface area contributed by atoms with Crippen LogP contribution in [0.3, 0.4) is 0 Å². The molecule has 2 unspecified atom stereocenters. The van der Waals surface area contributed by atoms with Gasteiger partial charge in [-0.3, -0.25) is 4.79 Å². The lowest BCUT2D eigenvalue weighted by atomic mass is 9.95. The molecular formula is C15H18BrNO2. The fraction of sp³-hybridized carbons (Fsp3) is 0.533. The zero-order valence-electron chi connectivity index (χ0n) is 10.8. The smallest absolute Gasteiger partial charge is 0.229 e. The predicted molar refractivity (Wildman–Crippen MR) is 77.7 cm³/mol. The highest BCUT2D eigenvalue weighted by Crippen LogP contribution is 2.29. The van der Waals surface area contributed by atoms with E-state index in [0.717, 1.165) is 42.5 Å². The van der Waals surface area contributed by atoms with Crippen molar-refractivity contribution in [1.29, 1.82) is 0 Å². The highest BCUT2D eigenvalue weighted by molar-refractivity contribution is 9.09. The van der Waals surface area contributed by atoms with Crippen LogP contribution in [-0.2, 0) is 11.2 Å². The van der Waals surface area contributed by atoms with E-state index < -0.39 is 0 Å². The van der Waals surface area contributed by atoms with Crippen LogP contribution in [0.25, 0.3) is 0 Å². The minimum atomic E-state index is -0.0189. The summed E-state index contributed by atoms with van der Waals surface area (Å²) < 4.78 is 5.73. The van der Waals surface area contributed by atoms with Crippen molar-refractivity contribution in [2.24, 2.45) is 5.92 Å². The van der Waals surface area contributed by atoms with E-state index in [1.807, 2.05) is 23.1 Å². The van der Waals surface area contributed by atoms with Gasteiger partial charge in [0.15, 0.2) is 0 Å². The highest BCUT2D eigenvalue weighted by atomic mass is 79.9. The molecule has 1 aromatic carbocycles. The Morgan fingerprint density at radius 2 is 2.26 bits per heavy atom. The minimum absolute atomic E-state index is 0.0189. The molecule has 2 aliphatic rings. The van der Waals surface area contributed by atoms with Crippen molar-refractivity contribution in [1.82, 2.24) is 4.90 Å². The maximum absolute atomic E-state index is 12.6. The van der Waals surface area contributed by atoms with Gasteiger partial charge < -0.3 is 9.64 Å². The van der Waals surface area contributed by atoms with E-state index in [4.69, 9.17) is 4.74 Å². The van der Waals surface area contributed by atoms with Crippen molar-refractivity contribution in [3.8, 4) is 5.75 Å². The number of ether oxygens (including phenoxy) is 1. The first-order valence-electron chi connectivity index (χ1n) is 6.86. The largest absolute Gasteiger partial charge is 0.492 e. The Labute approximate surface area is 122 Å². The lowest BCUT2D eigenvalue weighted by Crippen LogP contribution is -2.43. The maximum Gasteiger partial charge on any atom is 0.229 e. The summed E-state index contributed by atoms with van der Waals surface area (Å²) in [6, 6.07) is 8.38. The Hall–Kier alpha value is -1.03. The average molecular weight is 324 g/mol. The number of para-hydroxylation sites is 1. The van der Waals surface area contributed by atoms with E-state index in [2.05, 4.69) is 22.0 Å². The molecule has 3 nitrogen and oxygen atoms in total. The van der Waals surface area contributed by atoms with Crippen molar-refractivity contribution in [3.63, 3.8) is 0 Å². The van der Waals surface area contributed by atoms with Gasteiger partial charge in [-0.1, -0.05) is 34.1 Å². The normalized spacial score (nSPS) is 25.8. The molecule has 102 valence electrons. The molecule has 3 rings (SSSR count). The van der Waals surface area contributed by atoms with Crippen LogP contribution in [0, 0.1) is 5.92 Å². The zero-order chi connectivity index (χ0) is 13.2. The van der Waals surface area contributed by atoms with Gasteiger partial charge in [-0.15, -0.1) is 0 Å². The highest BCUT2D eigenvalue weighted by Gasteiger charge is 2.34. The number of hydrogen-bond acceptors (Lipinski definition) is 2. The molecule has 2 heterocycles. The molecule has 0 radical (unpaired) electrons. The average Bonchev–Trinajstić information content (AvgIpc) is 2.94. The predicted octanol–water partition coefficient (Wildman–Crippen LogP) is 2.62. The third kappa shape index (κ3) is 2.50. The van der Waals surface area contributed by atoms with Gasteiger partial charge in [0.25, 0.3) is 0 Å². The van der Waals surface area contributed by atoms with Crippen LogP contribution in [-0.4, -0.2) is 35.3 Å². The van der Waals surface area contributed by atoms with Crippen molar-refractivity contribution in [2.45, 2.75) is 25.3 Å². The van der Waals surface area contributed by atoms with Gasteiger partial charge in [-0.05, 0) is 30.9 Å². The lowest BCUT2D eigenvalue weighted by Gasteiger charge is -2.30. The van der Waals surface area contributed by atoms with Crippen LogP contribution in [0.15, 0.2) is 24.3 Å². The van der Waals surface area contributed by atoms with E-state index in [0.29, 0.717) is 12.6 Å². The Bertz CT molecular complexity index is 477. The Morgan fingerprint density at radius 3 is 3.11 bits per heavy atom. The van der Waals surface area contributed by atoms with Gasteiger partial charge in [-0.25, -0.2) is 0 Å². The molecule has 2 atom stereocenters. The van der Waals surface area contributed by atoms with E-state index in [1.165, 1.54) is 0 Å². The van der Waals surface area contributed by atoms with Crippen molar-refractivity contribution >= 4 is 21.8 Å². The van der Waals surface area contributed by atoms with Gasteiger partial charge in [-0.2, -0.15) is 0 Å². The van der Waals surface area contributed by atoms with Crippen molar-refractivity contribution in [2.75, 3.05) is 18.5 Å². The molecule has 4 heteroatoms. The van der Waals surface area contributed by atoms with Crippen molar-refractivity contribution < 1.29 is 9.53 Å². The Balaban J connectivity index is 1.72. The first kappa shape index (κ1) is 13.0. The molecule has 1 fully saturated rings. The summed E-state index contributed by atoms with van der Waals surface area (Å²) in [5, 5.41) is 0.878. The van der Waals surface area contributed by atoms with Gasteiger partial charge in [0.05, 0.1) is 5.92 Å². The van der Waals surface area contributed by atoms with E-state index in [1.54, 1.807) is 0 Å². The molecule has 0 saturated carbocycles. The molecule has 0 bridgehead atoms. The molecule has 2 aliphatic heterocycles. The number of halogens is 1. The van der Waals surface area contributed by atoms with Crippen LogP contribution in [0.2, 0.25) is 0 Å². The van der Waals surface area contributed by atoms with Crippen LogP contribution < -0.4 is 4.74 Å². The summed E-state index contributed by atoms with van der Waals surface area (Å²) in [6.07, 6.45) is 3.04. The van der Waals surface area contributed by atoms with Gasteiger partial charge in [0.1, 0.15) is 12.4 Å². The standard InChI is InChI=1S/C15H18BrNO2/c16-9-13-5-3-7-17(13)15(18)12-8-11-4-1-2-6-14(11)19-10-12/h1-2,4,6,12-13H,3,5,7-10H2. The molecule has 0 aliphatic carbocycles.